The fourth-order valence-corrected chi connectivity index (χ4v) is 1.63. The fraction of sp³-hybridized carbons (Fsp3) is 0.364. The molecule has 1 N–H and O–H groups in total. The summed E-state index contributed by atoms with van der Waals surface area (Å²) in [5.74, 6) is 0.145. The SMILES string of the molecule is Cl.Cl.O=C(c1ccccc1)N1CCNCC1. The van der Waals surface area contributed by atoms with Crippen LogP contribution in [0.3, 0.4) is 0 Å². The molecule has 3 nitrogen and oxygen atoms in total. The summed E-state index contributed by atoms with van der Waals surface area (Å²) in [6.07, 6.45) is 0. The quantitative estimate of drug-likeness (QED) is 0.834. The van der Waals surface area contributed by atoms with Gasteiger partial charge in [0.2, 0.25) is 0 Å². The number of rotatable bonds is 1. The van der Waals surface area contributed by atoms with Crippen LogP contribution in [0.15, 0.2) is 30.3 Å². The van der Waals surface area contributed by atoms with Crippen molar-refractivity contribution in [2.75, 3.05) is 26.2 Å². The smallest absolute Gasteiger partial charge is 0.253 e. The summed E-state index contributed by atoms with van der Waals surface area (Å²) in [7, 11) is 0. The molecular formula is C11H16Cl2N2O. The third-order valence-corrected chi connectivity index (χ3v) is 2.42. The van der Waals surface area contributed by atoms with Crippen molar-refractivity contribution in [1.82, 2.24) is 10.2 Å². The lowest BCUT2D eigenvalue weighted by molar-refractivity contribution is 0.0736. The topological polar surface area (TPSA) is 32.3 Å². The van der Waals surface area contributed by atoms with Gasteiger partial charge in [-0.1, -0.05) is 18.2 Å². The van der Waals surface area contributed by atoms with Gasteiger partial charge in [0.1, 0.15) is 0 Å². The first kappa shape index (κ1) is 15.2. The molecule has 1 fully saturated rings. The second-order valence-corrected chi connectivity index (χ2v) is 3.41. The van der Waals surface area contributed by atoms with Crippen LogP contribution in [0.25, 0.3) is 0 Å². The lowest BCUT2D eigenvalue weighted by atomic mass is 10.2. The Morgan fingerprint density at radius 1 is 1.06 bits per heavy atom. The van der Waals surface area contributed by atoms with Gasteiger partial charge >= 0.3 is 0 Å². The van der Waals surface area contributed by atoms with Gasteiger partial charge in [-0.15, -0.1) is 24.8 Å². The third kappa shape index (κ3) is 3.67. The molecule has 1 aromatic rings. The van der Waals surface area contributed by atoms with Crippen molar-refractivity contribution < 1.29 is 4.79 Å². The average Bonchev–Trinajstić information content (AvgIpc) is 2.30. The molecular weight excluding hydrogens is 247 g/mol. The number of nitrogens with zero attached hydrogens (tertiary/aromatic N) is 1. The van der Waals surface area contributed by atoms with Crippen molar-refractivity contribution in [3.63, 3.8) is 0 Å². The van der Waals surface area contributed by atoms with E-state index in [4.69, 9.17) is 0 Å². The van der Waals surface area contributed by atoms with Crippen molar-refractivity contribution in [3.8, 4) is 0 Å². The van der Waals surface area contributed by atoms with E-state index in [0.29, 0.717) is 0 Å². The second-order valence-electron chi connectivity index (χ2n) is 3.41. The summed E-state index contributed by atoms with van der Waals surface area (Å²) in [6.45, 7) is 3.43. The Morgan fingerprint density at radius 3 is 2.19 bits per heavy atom. The maximum atomic E-state index is 11.9. The van der Waals surface area contributed by atoms with E-state index in [-0.39, 0.29) is 30.7 Å². The lowest BCUT2D eigenvalue weighted by Crippen LogP contribution is -2.46. The van der Waals surface area contributed by atoms with E-state index in [2.05, 4.69) is 5.32 Å². The number of halogens is 2. The lowest BCUT2D eigenvalue weighted by Gasteiger charge is -2.27. The van der Waals surface area contributed by atoms with E-state index in [1.807, 2.05) is 35.2 Å². The number of piperazine rings is 1. The van der Waals surface area contributed by atoms with Crippen LogP contribution in [0.5, 0.6) is 0 Å². The Morgan fingerprint density at radius 2 is 1.62 bits per heavy atom. The van der Waals surface area contributed by atoms with Crippen LogP contribution < -0.4 is 5.32 Å². The first-order valence-electron chi connectivity index (χ1n) is 4.93. The number of benzene rings is 1. The summed E-state index contributed by atoms with van der Waals surface area (Å²) in [5.41, 5.74) is 0.786. The van der Waals surface area contributed by atoms with Gasteiger partial charge in [-0.25, -0.2) is 0 Å². The van der Waals surface area contributed by atoms with Crippen molar-refractivity contribution >= 4 is 30.7 Å². The van der Waals surface area contributed by atoms with Crippen LogP contribution >= 0.6 is 24.8 Å². The molecule has 0 spiro atoms. The van der Waals surface area contributed by atoms with Crippen molar-refractivity contribution in [2.24, 2.45) is 0 Å². The van der Waals surface area contributed by atoms with Gasteiger partial charge in [0.25, 0.3) is 5.91 Å². The van der Waals surface area contributed by atoms with E-state index in [9.17, 15) is 4.79 Å². The van der Waals surface area contributed by atoms with E-state index in [1.165, 1.54) is 0 Å². The molecule has 2 rings (SSSR count). The molecule has 1 amide bonds. The Balaban J connectivity index is 0.00000112. The second kappa shape index (κ2) is 7.49. The first-order valence-corrected chi connectivity index (χ1v) is 4.93. The first-order chi connectivity index (χ1) is 6.88. The van der Waals surface area contributed by atoms with E-state index >= 15 is 0 Å². The molecule has 0 radical (unpaired) electrons. The van der Waals surface area contributed by atoms with Gasteiger partial charge in [0.15, 0.2) is 0 Å². The molecule has 0 aliphatic carbocycles. The highest BCUT2D eigenvalue weighted by Gasteiger charge is 2.16. The molecule has 0 saturated carbocycles. The predicted molar refractivity (Wildman–Crippen MR) is 69.7 cm³/mol. The summed E-state index contributed by atoms with van der Waals surface area (Å²) >= 11 is 0. The molecule has 1 aromatic carbocycles. The van der Waals surface area contributed by atoms with Crippen molar-refractivity contribution in [3.05, 3.63) is 35.9 Å². The highest BCUT2D eigenvalue weighted by atomic mass is 35.5. The Hall–Kier alpha value is -0.770. The summed E-state index contributed by atoms with van der Waals surface area (Å²) in [6, 6.07) is 9.45. The minimum atomic E-state index is 0. The normalized spacial score (nSPS) is 14.6. The van der Waals surface area contributed by atoms with E-state index in [1.54, 1.807) is 0 Å². The highest BCUT2D eigenvalue weighted by Crippen LogP contribution is 2.05. The molecule has 16 heavy (non-hydrogen) atoms. The van der Waals surface area contributed by atoms with Crippen LogP contribution in [0.4, 0.5) is 0 Å². The molecule has 0 bridgehead atoms. The zero-order valence-corrected chi connectivity index (χ0v) is 10.5. The van der Waals surface area contributed by atoms with Gasteiger partial charge in [0, 0.05) is 31.7 Å². The number of carbonyl (C=O) groups excluding carboxylic acids is 1. The minimum absolute atomic E-state index is 0. The van der Waals surface area contributed by atoms with Crippen molar-refractivity contribution in [2.45, 2.75) is 0 Å². The minimum Gasteiger partial charge on any atom is -0.336 e. The largest absolute Gasteiger partial charge is 0.336 e. The average molecular weight is 263 g/mol. The monoisotopic (exact) mass is 262 g/mol. The summed E-state index contributed by atoms with van der Waals surface area (Å²) < 4.78 is 0. The molecule has 0 atom stereocenters. The maximum Gasteiger partial charge on any atom is 0.253 e. The van der Waals surface area contributed by atoms with Crippen LogP contribution in [0, 0.1) is 0 Å². The maximum absolute atomic E-state index is 11.9. The molecule has 1 heterocycles. The molecule has 1 saturated heterocycles. The third-order valence-electron chi connectivity index (χ3n) is 2.42. The molecule has 0 unspecified atom stereocenters. The number of hydrogen-bond donors (Lipinski definition) is 1. The van der Waals surface area contributed by atoms with Gasteiger partial charge in [0.05, 0.1) is 0 Å². The van der Waals surface area contributed by atoms with Gasteiger partial charge in [-0.05, 0) is 12.1 Å². The van der Waals surface area contributed by atoms with Gasteiger partial charge < -0.3 is 10.2 Å². The Bertz CT molecular complexity index is 313. The highest BCUT2D eigenvalue weighted by molar-refractivity contribution is 5.94. The van der Waals surface area contributed by atoms with Crippen LogP contribution in [-0.2, 0) is 0 Å². The van der Waals surface area contributed by atoms with Crippen LogP contribution in [0.1, 0.15) is 10.4 Å². The van der Waals surface area contributed by atoms with E-state index in [0.717, 1.165) is 31.7 Å². The van der Waals surface area contributed by atoms with Crippen molar-refractivity contribution in [1.29, 1.82) is 0 Å². The molecule has 1 aliphatic heterocycles. The Kier molecular flexibility index (Phi) is 7.13. The number of amides is 1. The summed E-state index contributed by atoms with van der Waals surface area (Å²) in [4.78, 5) is 13.8. The van der Waals surface area contributed by atoms with E-state index < -0.39 is 0 Å². The molecule has 1 aliphatic rings. The zero-order chi connectivity index (χ0) is 9.80. The van der Waals surface area contributed by atoms with Gasteiger partial charge in [-0.3, -0.25) is 4.79 Å². The summed E-state index contributed by atoms with van der Waals surface area (Å²) in [5, 5.41) is 3.23. The molecule has 90 valence electrons. The number of nitrogens with one attached hydrogen (secondary N) is 1. The van der Waals surface area contributed by atoms with Crippen LogP contribution in [-0.4, -0.2) is 37.0 Å². The molecule has 5 heteroatoms. The number of hydrogen-bond acceptors (Lipinski definition) is 2. The standard InChI is InChI=1S/C11H14N2O.2ClH/c14-11(10-4-2-1-3-5-10)13-8-6-12-7-9-13;;/h1-5,12H,6-9H2;2*1H. The zero-order valence-electron chi connectivity index (χ0n) is 8.89. The predicted octanol–water partition coefficient (Wildman–Crippen LogP) is 1.58. The van der Waals surface area contributed by atoms with Crippen LogP contribution in [0.2, 0.25) is 0 Å². The van der Waals surface area contributed by atoms with Gasteiger partial charge in [-0.2, -0.15) is 0 Å². The Labute approximate surface area is 108 Å². The molecule has 0 aromatic heterocycles. The number of carbonyl (C=O) groups is 1. The fourth-order valence-electron chi connectivity index (χ4n) is 1.63.